The summed E-state index contributed by atoms with van der Waals surface area (Å²) in [5.74, 6) is 2.74. The maximum absolute atomic E-state index is 6.93. The van der Waals surface area contributed by atoms with Crippen LogP contribution in [0.3, 0.4) is 0 Å². The molecule has 0 saturated carbocycles. The summed E-state index contributed by atoms with van der Waals surface area (Å²) in [7, 11) is 7.20. The van der Waals surface area contributed by atoms with Crippen LogP contribution in [0, 0.1) is 0 Å². The van der Waals surface area contributed by atoms with Gasteiger partial charge in [0.05, 0.1) is 14.2 Å². The smallest absolute Gasteiger partial charge is 0.143 e. The van der Waals surface area contributed by atoms with Crippen LogP contribution in [0.25, 0.3) is 0 Å². The van der Waals surface area contributed by atoms with Crippen LogP contribution < -0.4 is 9.47 Å². The van der Waals surface area contributed by atoms with Gasteiger partial charge in [0.1, 0.15) is 17.1 Å². The minimum absolute atomic E-state index is 0.529. The predicted octanol–water partition coefficient (Wildman–Crippen LogP) is 8.21. The van der Waals surface area contributed by atoms with Gasteiger partial charge >= 0.3 is 0 Å². The van der Waals surface area contributed by atoms with E-state index in [1.807, 2.05) is 52.1 Å². The van der Waals surface area contributed by atoms with Crippen LogP contribution in [0.15, 0.2) is 78.9 Å². The van der Waals surface area contributed by atoms with Crippen molar-refractivity contribution in [3.63, 3.8) is 0 Å². The van der Waals surface area contributed by atoms with Crippen molar-refractivity contribution in [2.45, 2.75) is 58.2 Å². The van der Waals surface area contributed by atoms with E-state index >= 15 is 0 Å². The van der Waals surface area contributed by atoms with Crippen molar-refractivity contribution in [2.24, 2.45) is 0 Å². The molecule has 0 atom stereocenters. The van der Waals surface area contributed by atoms with E-state index in [0.717, 1.165) is 46.8 Å². The monoisotopic (exact) mass is 539 g/mol. The SMILES string of the molecule is COc1ccc(C(OCCCCSSN(C(C)C)C(C)C)(c2ccccc2)c2ccc(OC)cc2)cc1. The quantitative estimate of drug-likeness (QED) is 0.0837. The van der Waals surface area contributed by atoms with Crippen molar-refractivity contribution in [1.29, 1.82) is 0 Å². The van der Waals surface area contributed by atoms with Crippen LogP contribution in [0.1, 0.15) is 57.2 Å². The Morgan fingerprint density at radius 3 is 1.62 bits per heavy atom. The number of benzene rings is 3. The molecular formula is C31H41NO3S2. The summed E-state index contributed by atoms with van der Waals surface area (Å²) in [6.07, 6.45) is 2.08. The topological polar surface area (TPSA) is 30.9 Å². The van der Waals surface area contributed by atoms with Crippen LogP contribution >= 0.6 is 21.8 Å². The van der Waals surface area contributed by atoms with Crippen LogP contribution in [-0.2, 0) is 10.3 Å². The predicted molar refractivity (Wildman–Crippen MR) is 160 cm³/mol. The molecule has 0 aliphatic rings. The molecule has 0 aromatic heterocycles. The van der Waals surface area contributed by atoms with Gasteiger partial charge < -0.3 is 14.2 Å². The van der Waals surface area contributed by atoms with E-state index in [-0.39, 0.29) is 0 Å². The highest BCUT2D eigenvalue weighted by atomic mass is 33.1. The molecule has 0 heterocycles. The molecule has 0 aliphatic heterocycles. The van der Waals surface area contributed by atoms with Crippen LogP contribution in [0.5, 0.6) is 11.5 Å². The second kappa shape index (κ2) is 14.7. The summed E-state index contributed by atoms with van der Waals surface area (Å²) >= 11 is 0. The van der Waals surface area contributed by atoms with Gasteiger partial charge in [0.2, 0.25) is 0 Å². The van der Waals surface area contributed by atoms with Gasteiger partial charge in [0, 0.05) is 24.4 Å². The van der Waals surface area contributed by atoms with Gasteiger partial charge in [-0.3, -0.25) is 0 Å². The third kappa shape index (κ3) is 7.70. The first kappa shape index (κ1) is 29.4. The highest BCUT2D eigenvalue weighted by Gasteiger charge is 2.37. The van der Waals surface area contributed by atoms with E-state index in [9.17, 15) is 0 Å². The Hall–Kier alpha value is -2.12. The van der Waals surface area contributed by atoms with Gasteiger partial charge in [-0.15, -0.1) is 0 Å². The number of ether oxygens (including phenoxy) is 3. The third-order valence-electron chi connectivity index (χ3n) is 6.27. The molecule has 4 nitrogen and oxygen atoms in total. The van der Waals surface area contributed by atoms with Crippen LogP contribution in [0.4, 0.5) is 0 Å². The molecule has 0 saturated heterocycles. The molecule has 0 unspecified atom stereocenters. The fourth-order valence-corrected chi connectivity index (χ4v) is 7.27. The summed E-state index contributed by atoms with van der Waals surface area (Å²) in [5.41, 5.74) is 2.49. The molecule has 0 bridgehead atoms. The second-order valence-corrected chi connectivity index (χ2v) is 11.9. The van der Waals surface area contributed by atoms with Crippen molar-refractivity contribution in [1.82, 2.24) is 4.31 Å². The molecule has 3 rings (SSSR count). The number of methoxy groups -OCH3 is 2. The Kier molecular flexibility index (Phi) is 11.7. The Balaban J connectivity index is 1.82. The zero-order chi connectivity index (χ0) is 26.7. The van der Waals surface area contributed by atoms with Crippen molar-refractivity contribution in [2.75, 3.05) is 26.6 Å². The number of rotatable bonds is 15. The molecule has 0 radical (unpaired) electrons. The first-order chi connectivity index (χ1) is 17.9. The van der Waals surface area contributed by atoms with Gasteiger partial charge in [-0.05, 0) is 92.5 Å². The number of hydrogen-bond acceptors (Lipinski definition) is 6. The van der Waals surface area contributed by atoms with E-state index in [4.69, 9.17) is 14.2 Å². The first-order valence-electron chi connectivity index (χ1n) is 13.0. The van der Waals surface area contributed by atoms with E-state index in [0.29, 0.717) is 18.7 Å². The van der Waals surface area contributed by atoms with Gasteiger partial charge in [0.15, 0.2) is 0 Å². The second-order valence-electron chi connectivity index (χ2n) is 9.50. The van der Waals surface area contributed by atoms with E-state index in [1.54, 1.807) is 14.2 Å². The molecule has 0 aliphatic carbocycles. The fraction of sp³-hybridized carbons (Fsp3) is 0.419. The van der Waals surface area contributed by atoms with Gasteiger partial charge in [-0.1, -0.05) is 65.4 Å². The summed E-state index contributed by atoms with van der Waals surface area (Å²) < 4.78 is 20.3. The highest BCUT2D eigenvalue weighted by molar-refractivity contribution is 8.75. The highest BCUT2D eigenvalue weighted by Crippen LogP contribution is 2.42. The fourth-order valence-electron chi connectivity index (χ4n) is 4.43. The lowest BCUT2D eigenvalue weighted by Gasteiger charge is -2.36. The van der Waals surface area contributed by atoms with Gasteiger partial charge in [0.25, 0.3) is 0 Å². The molecule has 0 amide bonds. The van der Waals surface area contributed by atoms with E-state index < -0.39 is 5.60 Å². The zero-order valence-corrected chi connectivity index (χ0v) is 24.6. The molecule has 3 aromatic carbocycles. The minimum Gasteiger partial charge on any atom is -0.497 e. The molecule has 0 N–H and O–H groups in total. The lowest BCUT2D eigenvalue weighted by atomic mass is 9.80. The lowest BCUT2D eigenvalue weighted by molar-refractivity contribution is 0.0113. The number of nitrogens with zero attached hydrogens (tertiary/aromatic N) is 1. The molecule has 37 heavy (non-hydrogen) atoms. The molecule has 0 fully saturated rings. The Bertz CT molecular complexity index is 985. The zero-order valence-electron chi connectivity index (χ0n) is 23.0. The first-order valence-corrected chi connectivity index (χ1v) is 15.3. The normalized spacial score (nSPS) is 11.9. The molecule has 0 spiro atoms. The molecule has 6 heteroatoms. The average molecular weight is 540 g/mol. The standard InChI is InChI=1S/C31H41NO3S2/c1-24(2)32(25(3)4)37-36-23-11-10-22-35-31(26-12-8-7-9-13-26,27-14-18-29(33-5)19-15-27)28-16-20-30(34-6)21-17-28/h7-9,12-21,24-25H,10-11,22-23H2,1-6H3. The Labute approximate surface area is 231 Å². The molecule has 200 valence electrons. The van der Waals surface area contributed by atoms with Crippen molar-refractivity contribution in [3.8, 4) is 11.5 Å². The van der Waals surface area contributed by atoms with Gasteiger partial charge in [-0.2, -0.15) is 0 Å². The van der Waals surface area contributed by atoms with Crippen LogP contribution in [0.2, 0.25) is 0 Å². The van der Waals surface area contributed by atoms with E-state index in [2.05, 4.69) is 80.5 Å². The van der Waals surface area contributed by atoms with Crippen molar-refractivity contribution in [3.05, 3.63) is 95.6 Å². The largest absolute Gasteiger partial charge is 0.497 e. The van der Waals surface area contributed by atoms with E-state index in [1.165, 1.54) is 0 Å². The molecule has 3 aromatic rings. The summed E-state index contributed by atoms with van der Waals surface area (Å²) in [4.78, 5) is 0. The van der Waals surface area contributed by atoms with Crippen molar-refractivity contribution >= 4 is 21.8 Å². The number of unbranched alkanes of at least 4 members (excludes halogenated alkanes) is 1. The van der Waals surface area contributed by atoms with Crippen LogP contribution in [-0.4, -0.2) is 43.0 Å². The number of hydrogen-bond donors (Lipinski definition) is 0. The lowest BCUT2D eigenvalue weighted by Crippen LogP contribution is -2.33. The summed E-state index contributed by atoms with van der Waals surface area (Å²) in [6, 6.07) is 28.0. The minimum atomic E-state index is -0.742. The third-order valence-corrected chi connectivity index (χ3v) is 9.18. The molecular weight excluding hydrogens is 498 g/mol. The maximum Gasteiger partial charge on any atom is 0.143 e. The summed E-state index contributed by atoms with van der Waals surface area (Å²) in [6.45, 7) is 9.66. The van der Waals surface area contributed by atoms with Gasteiger partial charge in [-0.25, -0.2) is 4.31 Å². The Morgan fingerprint density at radius 2 is 1.16 bits per heavy atom. The summed E-state index contributed by atoms with van der Waals surface area (Å²) in [5, 5.41) is 0. The van der Waals surface area contributed by atoms with Crippen molar-refractivity contribution < 1.29 is 14.2 Å². The maximum atomic E-state index is 6.93. The average Bonchev–Trinajstić information content (AvgIpc) is 2.92. The Morgan fingerprint density at radius 1 is 0.676 bits per heavy atom.